The van der Waals surface area contributed by atoms with Gasteiger partial charge in [-0.3, -0.25) is 0 Å². The van der Waals surface area contributed by atoms with Gasteiger partial charge in [-0.1, -0.05) is 6.08 Å². The second-order valence-corrected chi connectivity index (χ2v) is 4.20. The number of hydrogen-bond donors (Lipinski definition) is 2. The third kappa shape index (κ3) is 3.50. The largest absolute Gasteiger partial charge is 0.366 e. The van der Waals surface area contributed by atoms with Crippen molar-refractivity contribution in [3.8, 4) is 0 Å². The van der Waals surface area contributed by atoms with Crippen LogP contribution in [0, 0.1) is 24.4 Å². The van der Waals surface area contributed by atoms with Crippen LogP contribution < -0.4 is 10.6 Å². The molecule has 0 bridgehead atoms. The van der Waals surface area contributed by atoms with Crippen molar-refractivity contribution in [3.63, 3.8) is 0 Å². The molecule has 21 heavy (non-hydrogen) atoms. The van der Waals surface area contributed by atoms with Gasteiger partial charge in [0.1, 0.15) is 17.5 Å². The number of anilines is 3. The number of aryl methyl sites for hydroxylation is 1. The normalized spacial score (nSPS) is 10.3. The molecule has 1 heterocycles. The fourth-order valence-corrected chi connectivity index (χ4v) is 1.66. The number of benzene rings is 1. The molecule has 0 saturated heterocycles. The van der Waals surface area contributed by atoms with E-state index < -0.39 is 17.5 Å². The van der Waals surface area contributed by atoms with Crippen LogP contribution in [0.1, 0.15) is 5.82 Å². The number of hydrogen-bond acceptors (Lipinski definition) is 4. The Labute approximate surface area is 119 Å². The maximum absolute atomic E-state index is 13.6. The number of nitrogens with one attached hydrogen (secondary N) is 2. The minimum absolute atomic E-state index is 0.207. The number of halogens is 3. The molecular formula is C14H13F3N4. The first-order chi connectivity index (χ1) is 10.0. The minimum Gasteiger partial charge on any atom is -0.366 e. The Morgan fingerprint density at radius 2 is 1.86 bits per heavy atom. The fraction of sp³-hybridized carbons (Fsp3) is 0.143. The van der Waals surface area contributed by atoms with Gasteiger partial charge in [0.05, 0.1) is 5.69 Å². The van der Waals surface area contributed by atoms with E-state index >= 15 is 0 Å². The average Bonchev–Trinajstić information content (AvgIpc) is 2.45. The highest BCUT2D eigenvalue weighted by molar-refractivity contribution is 5.60. The molecule has 0 saturated carbocycles. The van der Waals surface area contributed by atoms with Crippen molar-refractivity contribution in [3.05, 3.63) is 54.1 Å². The quantitative estimate of drug-likeness (QED) is 0.654. The highest BCUT2D eigenvalue weighted by Gasteiger charge is 2.14. The van der Waals surface area contributed by atoms with Gasteiger partial charge in [-0.05, 0) is 19.1 Å². The molecule has 2 rings (SSSR count). The standard InChI is InChI=1S/C14H13F3N4/c1-3-6-18-11-7-12(20-8(2)19-11)21-10-5-4-9(15)13(16)14(10)17/h3-5,7H,1,6H2,2H3,(H2,18,19,20,21). The lowest BCUT2D eigenvalue weighted by Gasteiger charge is -2.10. The van der Waals surface area contributed by atoms with E-state index in [4.69, 9.17) is 0 Å². The summed E-state index contributed by atoms with van der Waals surface area (Å²) in [5.74, 6) is -2.87. The minimum atomic E-state index is -1.53. The molecule has 0 unspecified atom stereocenters. The van der Waals surface area contributed by atoms with E-state index in [1.54, 1.807) is 13.0 Å². The van der Waals surface area contributed by atoms with Crippen LogP contribution in [0.15, 0.2) is 30.9 Å². The first-order valence-electron chi connectivity index (χ1n) is 6.12. The van der Waals surface area contributed by atoms with Gasteiger partial charge in [0.2, 0.25) is 0 Å². The van der Waals surface area contributed by atoms with Crippen LogP contribution in [-0.2, 0) is 0 Å². The third-order valence-electron chi connectivity index (χ3n) is 2.56. The Kier molecular flexibility index (Phi) is 4.42. The van der Waals surface area contributed by atoms with Crippen LogP contribution in [0.2, 0.25) is 0 Å². The Hall–Kier alpha value is -2.57. The number of rotatable bonds is 5. The Morgan fingerprint density at radius 1 is 1.14 bits per heavy atom. The lowest BCUT2D eigenvalue weighted by molar-refractivity contribution is 0.449. The predicted octanol–water partition coefficient (Wildman–Crippen LogP) is 3.54. The van der Waals surface area contributed by atoms with Crippen LogP contribution in [0.5, 0.6) is 0 Å². The van der Waals surface area contributed by atoms with Crippen molar-refractivity contribution < 1.29 is 13.2 Å². The van der Waals surface area contributed by atoms with E-state index in [9.17, 15) is 13.2 Å². The van der Waals surface area contributed by atoms with Crippen LogP contribution in [0.4, 0.5) is 30.5 Å². The predicted molar refractivity (Wildman–Crippen MR) is 75.1 cm³/mol. The van der Waals surface area contributed by atoms with E-state index in [-0.39, 0.29) is 11.5 Å². The van der Waals surface area contributed by atoms with E-state index in [0.29, 0.717) is 18.2 Å². The molecule has 0 amide bonds. The zero-order valence-electron chi connectivity index (χ0n) is 11.3. The van der Waals surface area contributed by atoms with E-state index in [2.05, 4.69) is 27.2 Å². The van der Waals surface area contributed by atoms with E-state index in [1.807, 2.05) is 0 Å². The molecule has 0 aliphatic rings. The van der Waals surface area contributed by atoms with Crippen LogP contribution in [0.25, 0.3) is 0 Å². The fourth-order valence-electron chi connectivity index (χ4n) is 1.66. The highest BCUT2D eigenvalue weighted by Crippen LogP contribution is 2.23. The summed E-state index contributed by atoms with van der Waals surface area (Å²) in [6.07, 6.45) is 1.65. The van der Waals surface area contributed by atoms with Crippen molar-refractivity contribution in [1.29, 1.82) is 0 Å². The first-order valence-corrected chi connectivity index (χ1v) is 6.12. The van der Waals surface area contributed by atoms with Crippen LogP contribution >= 0.6 is 0 Å². The molecule has 2 N–H and O–H groups in total. The van der Waals surface area contributed by atoms with Gasteiger partial charge in [-0.15, -0.1) is 6.58 Å². The molecule has 0 fully saturated rings. The molecule has 1 aromatic carbocycles. The second-order valence-electron chi connectivity index (χ2n) is 4.20. The molecular weight excluding hydrogens is 281 g/mol. The van der Waals surface area contributed by atoms with Crippen molar-refractivity contribution in [2.24, 2.45) is 0 Å². The molecule has 0 spiro atoms. The molecule has 0 radical (unpaired) electrons. The summed E-state index contributed by atoms with van der Waals surface area (Å²) in [6, 6.07) is 3.46. The Morgan fingerprint density at radius 3 is 2.57 bits per heavy atom. The summed E-state index contributed by atoms with van der Waals surface area (Å²) in [5.41, 5.74) is -0.207. The van der Waals surface area contributed by atoms with Gasteiger partial charge in [0, 0.05) is 12.6 Å². The monoisotopic (exact) mass is 294 g/mol. The van der Waals surface area contributed by atoms with Crippen LogP contribution in [0.3, 0.4) is 0 Å². The molecule has 1 aromatic heterocycles. The van der Waals surface area contributed by atoms with E-state index in [1.165, 1.54) is 6.07 Å². The van der Waals surface area contributed by atoms with E-state index in [0.717, 1.165) is 12.1 Å². The highest BCUT2D eigenvalue weighted by atomic mass is 19.2. The average molecular weight is 294 g/mol. The molecule has 0 aliphatic carbocycles. The summed E-state index contributed by atoms with van der Waals surface area (Å²) < 4.78 is 39.7. The van der Waals surface area contributed by atoms with Crippen molar-refractivity contribution in [1.82, 2.24) is 9.97 Å². The van der Waals surface area contributed by atoms with Crippen molar-refractivity contribution in [2.75, 3.05) is 17.2 Å². The lowest BCUT2D eigenvalue weighted by atomic mass is 10.2. The van der Waals surface area contributed by atoms with Gasteiger partial charge in [0.15, 0.2) is 17.5 Å². The summed E-state index contributed by atoms with van der Waals surface area (Å²) in [6.45, 7) is 5.72. The SMILES string of the molecule is C=CCNc1cc(Nc2ccc(F)c(F)c2F)nc(C)n1. The van der Waals surface area contributed by atoms with Crippen molar-refractivity contribution >= 4 is 17.3 Å². The van der Waals surface area contributed by atoms with Gasteiger partial charge in [0.25, 0.3) is 0 Å². The first kappa shape index (κ1) is 14.8. The zero-order chi connectivity index (χ0) is 15.4. The number of aromatic nitrogens is 2. The molecule has 0 aliphatic heterocycles. The summed E-state index contributed by atoms with van der Waals surface area (Å²) in [5, 5.41) is 5.56. The zero-order valence-corrected chi connectivity index (χ0v) is 11.3. The molecule has 0 atom stereocenters. The Balaban J connectivity index is 2.29. The lowest BCUT2D eigenvalue weighted by Crippen LogP contribution is -2.06. The maximum Gasteiger partial charge on any atom is 0.196 e. The smallest absolute Gasteiger partial charge is 0.196 e. The van der Waals surface area contributed by atoms with Crippen LogP contribution in [-0.4, -0.2) is 16.5 Å². The van der Waals surface area contributed by atoms with Crippen molar-refractivity contribution in [2.45, 2.75) is 6.92 Å². The maximum atomic E-state index is 13.6. The van der Waals surface area contributed by atoms with Gasteiger partial charge < -0.3 is 10.6 Å². The topological polar surface area (TPSA) is 49.8 Å². The third-order valence-corrected chi connectivity index (χ3v) is 2.56. The van der Waals surface area contributed by atoms with Gasteiger partial charge >= 0.3 is 0 Å². The summed E-state index contributed by atoms with van der Waals surface area (Å²) >= 11 is 0. The summed E-state index contributed by atoms with van der Waals surface area (Å²) in [4.78, 5) is 8.19. The van der Waals surface area contributed by atoms with Gasteiger partial charge in [-0.25, -0.2) is 23.1 Å². The van der Waals surface area contributed by atoms with Gasteiger partial charge in [-0.2, -0.15) is 0 Å². The Bertz CT molecular complexity index is 674. The molecule has 2 aromatic rings. The second kappa shape index (κ2) is 6.25. The molecule has 4 nitrogen and oxygen atoms in total. The number of nitrogens with zero attached hydrogens (tertiary/aromatic N) is 2. The molecule has 110 valence electrons. The summed E-state index contributed by atoms with van der Waals surface area (Å²) in [7, 11) is 0. The molecule has 7 heteroatoms.